The normalized spacial score (nSPS) is 12.9. The van der Waals surface area contributed by atoms with Gasteiger partial charge in [0, 0.05) is 23.3 Å². The van der Waals surface area contributed by atoms with Crippen LogP contribution in [0.1, 0.15) is 0 Å². The number of ether oxygens (including phenoxy) is 2. The van der Waals surface area contributed by atoms with Crippen molar-refractivity contribution in [1.82, 2.24) is 0 Å². The van der Waals surface area contributed by atoms with Crippen LogP contribution in [0.2, 0.25) is 0 Å². The molecule has 0 atom stereocenters. The molecule has 0 aliphatic rings. The summed E-state index contributed by atoms with van der Waals surface area (Å²) in [4.78, 5) is 0. The van der Waals surface area contributed by atoms with Crippen LogP contribution in [0.15, 0.2) is 36.4 Å². The van der Waals surface area contributed by atoms with Crippen molar-refractivity contribution in [3.63, 3.8) is 0 Å². The highest BCUT2D eigenvalue weighted by Gasteiger charge is 2.35. The zero-order valence-electron chi connectivity index (χ0n) is 15.8. The van der Waals surface area contributed by atoms with E-state index in [1.54, 1.807) is 0 Å². The van der Waals surface area contributed by atoms with E-state index in [-0.39, 0.29) is 0 Å². The fourth-order valence-electron chi connectivity index (χ4n) is 2.32. The molecule has 0 heterocycles. The number of alkyl halides is 6. The van der Waals surface area contributed by atoms with Gasteiger partial charge in [0.05, 0.1) is 12.5 Å². The second-order valence-electron chi connectivity index (χ2n) is 5.99. The molecule has 0 saturated heterocycles. The van der Waals surface area contributed by atoms with E-state index in [0.29, 0.717) is 24.6 Å². The molecular weight excluding hydrogens is 498 g/mol. The summed E-state index contributed by atoms with van der Waals surface area (Å²) in [7, 11) is -8.31. The predicted octanol–water partition coefficient (Wildman–Crippen LogP) is 3.83. The Bertz CT molecular complexity index is 1110. The van der Waals surface area contributed by atoms with Crippen molar-refractivity contribution >= 4 is 20.2 Å². The zero-order chi connectivity index (χ0) is 24.5. The number of hydrogen-bond acceptors (Lipinski definition) is 8. The molecule has 8 nitrogen and oxygen atoms in total. The van der Waals surface area contributed by atoms with Crippen molar-refractivity contribution in [3.05, 3.63) is 36.4 Å². The molecule has 32 heavy (non-hydrogen) atoms. The third-order valence-electron chi connectivity index (χ3n) is 3.14. The molecule has 178 valence electrons. The van der Waals surface area contributed by atoms with Crippen molar-refractivity contribution in [1.29, 1.82) is 0 Å². The van der Waals surface area contributed by atoms with Crippen LogP contribution in [-0.2, 0) is 20.2 Å². The molecule has 0 unspecified atom stereocenters. The van der Waals surface area contributed by atoms with Gasteiger partial charge in [-0.05, 0) is 24.3 Å². The van der Waals surface area contributed by atoms with Crippen LogP contribution in [0.4, 0.5) is 26.3 Å². The van der Waals surface area contributed by atoms with Crippen molar-refractivity contribution in [3.8, 4) is 34.1 Å². The zero-order valence-corrected chi connectivity index (χ0v) is 17.4. The Hall–Kier alpha value is -2.88. The summed E-state index contributed by atoms with van der Waals surface area (Å²) in [6.45, 7) is 0. The Morgan fingerprint density at radius 3 is 1.19 bits per heavy atom. The lowest BCUT2D eigenvalue weighted by atomic mass is 10.0. The Morgan fingerprint density at radius 1 is 0.625 bits per heavy atom. The highest BCUT2D eigenvalue weighted by atomic mass is 32.2. The number of hydrogen-bond donors (Lipinski definition) is 0. The first-order valence-electron chi connectivity index (χ1n) is 7.90. The maximum Gasteiger partial charge on any atom is 0.573 e. The third kappa shape index (κ3) is 8.33. The van der Waals surface area contributed by atoms with E-state index < -0.39 is 67.1 Å². The number of halogens is 6. The van der Waals surface area contributed by atoms with Gasteiger partial charge in [-0.3, -0.25) is 0 Å². The topological polar surface area (TPSA) is 105 Å². The maximum atomic E-state index is 12.8. The summed E-state index contributed by atoms with van der Waals surface area (Å²) in [5, 5.41) is 0. The molecule has 0 bridgehead atoms. The van der Waals surface area contributed by atoms with Crippen LogP contribution in [0, 0.1) is 0 Å². The lowest BCUT2D eigenvalue weighted by Gasteiger charge is -2.18. The predicted molar refractivity (Wildman–Crippen MR) is 96.2 cm³/mol. The molecule has 0 radical (unpaired) electrons. The van der Waals surface area contributed by atoms with Gasteiger partial charge in [-0.1, -0.05) is 0 Å². The standard InChI is InChI=1S/C16H12F6O8S2/c1-31(23,24)29-9-3-5-11(13(7-9)27-15(17,18)19)12-6-4-10(30-32(2,25)26)8-14(12)28-16(20,21)22/h3-8H,1-2H3. The van der Waals surface area contributed by atoms with E-state index in [4.69, 9.17) is 0 Å². The van der Waals surface area contributed by atoms with Gasteiger partial charge in [-0.25, -0.2) is 0 Å². The molecule has 0 amide bonds. The van der Waals surface area contributed by atoms with Gasteiger partial charge in [0.15, 0.2) is 0 Å². The van der Waals surface area contributed by atoms with Crippen LogP contribution >= 0.6 is 0 Å². The van der Waals surface area contributed by atoms with E-state index >= 15 is 0 Å². The molecule has 0 saturated carbocycles. The van der Waals surface area contributed by atoms with Gasteiger partial charge in [-0.2, -0.15) is 16.8 Å². The average Bonchev–Trinajstić information content (AvgIpc) is 2.50. The first-order chi connectivity index (χ1) is 14.3. The van der Waals surface area contributed by atoms with Gasteiger partial charge >= 0.3 is 33.0 Å². The minimum atomic E-state index is -5.32. The first kappa shape index (κ1) is 25.4. The fraction of sp³-hybridized carbons (Fsp3) is 0.250. The van der Waals surface area contributed by atoms with Gasteiger partial charge in [0.2, 0.25) is 0 Å². The van der Waals surface area contributed by atoms with E-state index in [0.717, 1.165) is 24.3 Å². The summed E-state index contributed by atoms with van der Waals surface area (Å²) < 4.78 is 138. The number of rotatable bonds is 7. The van der Waals surface area contributed by atoms with Crippen LogP contribution in [0.5, 0.6) is 23.0 Å². The Kier molecular flexibility index (Phi) is 6.80. The lowest BCUT2D eigenvalue weighted by molar-refractivity contribution is -0.276. The SMILES string of the molecule is CS(=O)(=O)Oc1ccc(-c2ccc(OS(C)(=O)=O)cc2OC(F)(F)F)c(OC(F)(F)F)c1. The van der Waals surface area contributed by atoms with Gasteiger partial charge in [0.25, 0.3) is 0 Å². The highest BCUT2D eigenvalue weighted by Crippen LogP contribution is 2.43. The van der Waals surface area contributed by atoms with Crippen LogP contribution in [0.25, 0.3) is 11.1 Å². The molecule has 0 spiro atoms. The molecule has 2 aromatic rings. The van der Waals surface area contributed by atoms with Crippen molar-refractivity contribution in [2.24, 2.45) is 0 Å². The summed E-state index contributed by atoms with van der Waals surface area (Å²) in [6.07, 6.45) is -9.41. The molecule has 2 aromatic carbocycles. The first-order valence-corrected chi connectivity index (χ1v) is 11.5. The third-order valence-corrected chi connectivity index (χ3v) is 4.13. The second-order valence-corrected chi connectivity index (χ2v) is 9.14. The summed E-state index contributed by atoms with van der Waals surface area (Å²) in [5.74, 6) is -3.48. The van der Waals surface area contributed by atoms with Crippen LogP contribution in [-0.4, -0.2) is 42.1 Å². The summed E-state index contributed by atoms with van der Waals surface area (Å²) in [6, 6.07) is 4.27. The average molecular weight is 510 g/mol. The monoisotopic (exact) mass is 510 g/mol. The lowest BCUT2D eigenvalue weighted by Crippen LogP contribution is -2.19. The Labute approximate surface area is 177 Å². The molecule has 0 aliphatic heterocycles. The minimum absolute atomic E-state index is 0.488. The fourth-order valence-corrected chi connectivity index (χ4v) is 3.23. The Balaban J connectivity index is 2.69. The minimum Gasteiger partial charge on any atom is -0.405 e. The van der Waals surface area contributed by atoms with Crippen LogP contribution in [0.3, 0.4) is 0 Å². The maximum absolute atomic E-state index is 12.8. The molecule has 0 fully saturated rings. The largest absolute Gasteiger partial charge is 0.573 e. The highest BCUT2D eigenvalue weighted by molar-refractivity contribution is 7.86. The van der Waals surface area contributed by atoms with Gasteiger partial charge in [-0.15, -0.1) is 26.3 Å². The molecule has 16 heteroatoms. The van der Waals surface area contributed by atoms with Crippen molar-refractivity contribution in [2.75, 3.05) is 12.5 Å². The molecule has 0 N–H and O–H groups in total. The van der Waals surface area contributed by atoms with Gasteiger partial charge in [0.1, 0.15) is 23.0 Å². The van der Waals surface area contributed by atoms with Gasteiger partial charge < -0.3 is 17.8 Å². The molecule has 2 rings (SSSR count). The van der Waals surface area contributed by atoms with E-state index in [1.165, 1.54) is 0 Å². The molecular formula is C16H12F6O8S2. The summed E-state index contributed by atoms with van der Waals surface area (Å²) in [5.41, 5.74) is -1.23. The second kappa shape index (κ2) is 8.57. The smallest absolute Gasteiger partial charge is 0.405 e. The van der Waals surface area contributed by atoms with Crippen LogP contribution < -0.4 is 17.8 Å². The van der Waals surface area contributed by atoms with E-state index in [2.05, 4.69) is 17.8 Å². The quantitative estimate of drug-likeness (QED) is 0.409. The Morgan fingerprint density at radius 2 is 0.938 bits per heavy atom. The molecule has 0 aromatic heterocycles. The molecule has 0 aliphatic carbocycles. The van der Waals surface area contributed by atoms with Crippen molar-refractivity contribution < 1.29 is 61.0 Å². The number of benzene rings is 2. The van der Waals surface area contributed by atoms with E-state index in [1.807, 2.05) is 0 Å². The summed E-state index contributed by atoms with van der Waals surface area (Å²) >= 11 is 0. The van der Waals surface area contributed by atoms with E-state index in [9.17, 15) is 43.2 Å². The van der Waals surface area contributed by atoms with Crippen molar-refractivity contribution in [2.45, 2.75) is 12.7 Å².